The van der Waals surface area contributed by atoms with Gasteiger partial charge in [-0.3, -0.25) is 0 Å². The smallest absolute Gasteiger partial charge is 0.0968 e. The van der Waals surface area contributed by atoms with E-state index >= 15 is 0 Å². The van der Waals surface area contributed by atoms with E-state index in [1.165, 1.54) is 22.3 Å². The van der Waals surface area contributed by atoms with E-state index < -0.39 is 0 Å². The van der Waals surface area contributed by atoms with Crippen molar-refractivity contribution >= 4 is 0 Å². The molecule has 0 aliphatic heterocycles. The standard InChI is InChI=1S/C18H10N2/c19-9-15-16(10-20)18-12-6-2-1-5-11(12)17(15)13-7-3-4-8-14(13)18/h1-8,17-18H. The van der Waals surface area contributed by atoms with Crippen molar-refractivity contribution in [2.75, 3.05) is 0 Å². The molecule has 0 N–H and O–H groups in total. The fourth-order valence-corrected chi connectivity index (χ4v) is 3.59. The van der Waals surface area contributed by atoms with Gasteiger partial charge in [-0.2, -0.15) is 10.5 Å². The summed E-state index contributed by atoms with van der Waals surface area (Å²) in [6, 6.07) is 20.9. The zero-order valence-corrected chi connectivity index (χ0v) is 10.7. The predicted molar refractivity (Wildman–Crippen MR) is 74.8 cm³/mol. The fraction of sp³-hybridized carbons (Fsp3) is 0.111. The molecule has 0 radical (unpaired) electrons. The number of allylic oxidation sites excluding steroid dienone is 2. The van der Waals surface area contributed by atoms with Crippen LogP contribution >= 0.6 is 0 Å². The Morgan fingerprint density at radius 2 is 0.900 bits per heavy atom. The topological polar surface area (TPSA) is 47.6 Å². The summed E-state index contributed by atoms with van der Waals surface area (Å²) >= 11 is 0. The third-order valence-electron chi connectivity index (χ3n) is 4.34. The summed E-state index contributed by atoms with van der Waals surface area (Å²) in [5.41, 5.74) is 5.93. The first-order chi connectivity index (χ1) is 9.86. The van der Waals surface area contributed by atoms with E-state index in [0.29, 0.717) is 11.1 Å². The monoisotopic (exact) mass is 254 g/mol. The normalized spacial score (nSPS) is 21.7. The maximum atomic E-state index is 9.51. The summed E-state index contributed by atoms with van der Waals surface area (Å²) < 4.78 is 0. The van der Waals surface area contributed by atoms with Crippen molar-refractivity contribution in [1.29, 1.82) is 10.5 Å². The predicted octanol–water partition coefficient (Wildman–Crippen LogP) is 3.62. The summed E-state index contributed by atoms with van der Waals surface area (Å²) in [7, 11) is 0. The Bertz CT molecular complexity index is 729. The van der Waals surface area contributed by atoms with Crippen molar-refractivity contribution in [2.45, 2.75) is 11.8 Å². The van der Waals surface area contributed by atoms with Gasteiger partial charge in [0, 0.05) is 11.8 Å². The number of hydrogen-bond acceptors (Lipinski definition) is 2. The Morgan fingerprint density at radius 3 is 1.15 bits per heavy atom. The van der Waals surface area contributed by atoms with Gasteiger partial charge < -0.3 is 0 Å². The Labute approximate surface area is 117 Å². The van der Waals surface area contributed by atoms with Crippen molar-refractivity contribution in [1.82, 2.24) is 0 Å². The summed E-state index contributed by atoms with van der Waals surface area (Å²) in [5.74, 6) is -0.154. The van der Waals surface area contributed by atoms with Gasteiger partial charge in [0.1, 0.15) is 0 Å². The van der Waals surface area contributed by atoms with E-state index in [4.69, 9.17) is 0 Å². The molecule has 0 heterocycles. The molecule has 0 fully saturated rings. The quantitative estimate of drug-likeness (QED) is 0.720. The van der Waals surface area contributed by atoms with E-state index in [2.05, 4.69) is 36.4 Å². The van der Waals surface area contributed by atoms with Crippen LogP contribution in [0.1, 0.15) is 34.1 Å². The molecule has 0 atom stereocenters. The van der Waals surface area contributed by atoms with E-state index in [1.54, 1.807) is 0 Å². The summed E-state index contributed by atoms with van der Waals surface area (Å²) in [6.45, 7) is 0. The largest absolute Gasteiger partial charge is 0.193 e. The Hall–Kier alpha value is -2.84. The second kappa shape index (κ2) is 3.83. The molecule has 2 heteroatoms. The molecule has 0 aromatic heterocycles. The maximum Gasteiger partial charge on any atom is 0.0968 e. The fourth-order valence-electron chi connectivity index (χ4n) is 3.59. The molecule has 0 amide bonds. The van der Waals surface area contributed by atoms with Crippen molar-refractivity contribution in [3.8, 4) is 12.1 Å². The van der Waals surface area contributed by atoms with Gasteiger partial charge in [0.25, 0.3) is 0 Å². The van der Waals surface area contributed by atoms with E-state index in [9.17, 15) is 10.5 Å². The highest BCUT2D eigenvalue weighted by Crippen LogP contribution is 2.54. The molecule has 0 unspecified atom stereocenters. The van der Waals surface area contributed by atoms with Crippen LogP contribution in [-0.4, -0.2) is 0 Å². The van der Waals surface area contributed by atoms with E-state index in [0.717, 1.165) is 0 Å². The molecule has 2 aromatic rings. The SMILES string of the molecule is N#CC1=C(C#N)C2c3ccccc3C1c1ccccc12. The van der Waals surface area contributed by atoms with Gasteiger partial charge in [-0.25, -0.2) is 0 Å². The van der Waals surface area contributed by atoms with Crippen LogP contribution in [0.4, 0.5) is 0 Å². The number of rotatable bonds is 0. The van der Waals surface area contributed by atoms with Crippen molar-refractivity contribution in [3.63, 3.8) is 0 Å². The highest BCUT2D eigenvalue weighted by Gasteiger charge is 2.42. The molecule has 2 aromatic carbocycles. The average Bonchev–Trinajstić information content (AvgIpc) is 2.53. The molecular formula is C18H10N2. The van der Waals surface area contributed by atoms with Gasteiger partial charge in [0.05, 0.1) is 23.3 Å². The lowest BCUT2D eigenvalue weighted by atomic mass is 9.61. The molecule has 0 saturated heterocycles. The van der Waals surface area contributed by atoms with E-state index in [1.807, 2.05) is 24.3 Å². The van der Waals surface area contributed by atoms with Crippen LogP contribution in [0, 0.1) is 22.7 Å². The Morgan fingerprint density at radius 1 is 0.600 bits per heavy atom. The van der Waals surface area contributed by atoms with Crippen LogP contribution in [0.15, 0.2) is 59.7 Å². The third kappa shape index (κ3) is 1.16. The maximum absolute atomic E-state index is 9.51. The highest BCUT2D eigenvalue weighted by molar-refractivity contribution is 5.70. The van der Waals surface area contributed by atoms with Gasteiger partial charge in [0.2, 0.25) is 0 Å². The number of benzene rings is 2. The van der Waals surface area contributed by atoms with Crippen LogP contribution in [-0.2, 0) is 0 Å². The number of nitriles is 2. The Balaban J connectivity index is 2.14. The molecular weight excluding hydrogens is 244 g/mol. The Kier molecular flexibility index (Phi) is 2.11. The molecule has 2 nitrogen and oxygen atoms in total. The van der Waals surface area contributed by atoms with Gasteiger partial charge in [-0.05, 0) is 22.3 Å². The van der Waals surface area contributed by atoms with Crippen LogP contribution < -0.4 is 0 Å². The second-order valence-electron chi connectivity index (χ2n) is 5.17. The lowest BCUT2D eigenvalue weighted by molar-refractivity contribution is 0.763. The minimum Gasteiger partial charge on any atom is -0.193 e. The minimum atomic E-state index is -0.0768. The molecule has 3 aliphatic rings. The number of nitrogens with zero attached hydrogens (tertiary/aromatic N) is 2. The van der Waals surface area contributed by atoms with Gasteiger partial charge in [-0.15, -0.1) is 0 Å². The summed E-state index contributed by atoms with van der Waals surface area (Å²) in [4.78, 5) is 0. The van der Waals surface area contributed by atoms with Crippen molar-refractivity contribution in [3.05, 3.63) is 81.9 Å². The lowest BCUT2D eigenvalue weighted by Gasteiger charge is -2.39. The second-order valence-corrected chi connectivity index (χ2v) is 5.17. The van der Waals surface area contributed by atoms with Gasteiger partial charge in [-0.1, -0.05) is 48.5 Å². The minimum absolute atomic E-state index is 0.0768. The van der Waals surface area contributed by atoms with Crippen LogP contribution in [0.5, 0.6) is 0 Å². The molecule has 0 spiro atoms. The van der Waals surface area contributed by atoms with Crippen LogP contribution in [0.2, 0.25) is 0 Å². The first kappa shape index (κ1) is 11.0. The van der Waals surface area contributed by atoms with Crippen molar-refractivity contribution < 1.29 is 0 Å². The van der Waals surface area contributed by atoms with E-state index in [-0.39, 0.29) is 11.8 Å². The molecule has 92 valence electrons. The highest BCUT2D eigenvalue weighted by atomic mass is 14.5. The van der Waals surface area contributed by atoms with Gasteiger partial charge >= 0.3 is 0 Å². The average molecular weight is 254 g/mol. The zero-order chi connectivity index (χ0) is 13.7. The molecule has 2 bridgehead atoms. The van der Waals surface area contributed by atoms with Gasteiger partial charge in [0.15, 0.2) is 0 Å². The van der Waals surface area contributed by atoms with Crippen molar-refractivity contribution in [2.24, 2.45) is 0 Å². The van der Waals surface area contributed by atoms with Crippen LogP contribution in [0.3, 0.4) is 0 Å². The molecule has 3 aliphatic carbocycles. The molecule has 5 rings (SSSR count). The first-order valence-electron chi connectivity index (χ1n) is 6.58. The first-order valence-corrected chi connectivity index (χ1v) is 6.58. The molecule has 20 heavy (non-hydrogen) atoms. The lowest BCUT2D eigenvalue weighted by Crippen LogP contribution is -2.27. The third-order valence-corrected chi connectivity index (χ3v) is 4.34. The number of hydrogen-bond donors (Lipinski definition) is 0. The zero-order valence-electron chi connectivity index (χ0n) is 10.7. The summed E-state index contributed by atoms with van der Waals surface area (Å²) in [6.07, 6.45) is 0. The van der Waals surface area contributed by atoms with Crippen LogP contribution in [0.25, 0.3) is 0 Å². The summed E-state index contributed by atoms with van der Waals surface area (Å²) in [5, 5.41) is 19.0. The molecule has 0 saturated carbocycles.